The van der Waals surface area contributed by atoms with Crippen molar-refractivity contribution in [2.45, 2.75) is 25.9 Å². The Morgan fingerprint density at radius 1 is 1.44 bits per heavy atom. The van der Waals surface area contributed by atoms with Crippen LogP contribution < -0.4 is 0 Å². The molecule has 1 aliphatic heterocycles. The van der Waals surface area contributed by atoms with Crippen LogP contribution in [0, 0.1) is 23.2 Å². The van der Waals surface area contributed by atoms with Gasteiger partial charge in [-0.2, -0.15) is 0 Å². The van der Waals surface area contributed by atoms with Gasteiger partial charge in [-0.05, 0) is 24.8 Å². The van der Waals surface area contributed by atoms with E-state index in [2.05, 4.69) is 19.1 Å². The van der Waals surface area contributed by atoms with Crippen LogP contribution in [0.15, 0.2) is 23.8 Å². The summed E-state index contributed by atoms with van der Waals surface area (Å²) in [7, 11) is 0. The zero-order valence-electron chi connectivity index (χ0n) is 9.48. The summed E-state index contributed by atoms with van der Waals surface area (Å²) in [4.78, 5) is 12.2. The van der Waals surface area contributed by atoms with Crippen molar-refractivity contribution in [1.29, 1.82) is 0 Å². The molecule has 1 saturated carbocycles. The maximum atomic E-state index is 12.2. The molecule has 0 amide bonds. The first kappa shape index (κ1) is 9.17. The standard InChI is InChI=1S/C14H16O2/c1-8-2-3-10-7-16-12-5-4-9-6-11(15)13(8)14(9,10)12/h2-3,6,8,10,12-13H,4-5,7H2,1H3/t8-,10+,12-,13?,14?/m1/s1. The van der Waals surface area contributed by atoms with Gasteiger partial charge >= 0.3 is 0 Å². The molecule has 2 heteroatoms. The number of hydrogen-bond donors (Lipinski definition) is 0. The third-order valence-electron chi connectivity index (χ3n) is 5.17. The van der Waals surface area contributed by atoms with Crippen molar-refractivity contribution in [2.24, 2.45) is 23.2 Å². The predicted octanol–water partition coefficient (Wildman–Crippen LogP) is 2.11. The van der Waals surface area contributed by atoms with E-state index in [0.717, 1.165) is 19.4 Å². The van der Waals surface area contributed by atoms with E-state index < -0.39 is 0 Å². The molecule has 0 bridgehead atoms. The molecule has 2 unspecified atom stereocenters. The molecule has 4 aliphatic rings. The topological polar surface area (TPSA) is 26.3 Å². The first-order chi connectivity index (χ1) is 7.74. The molecule has 3 aliphatic carbocycles. The van der Waals surface area contributed by atoms with E-state index >= 15 is 0 Å². The van der Waals surface area contributed by atoms with Gasteiger partial charge in [0.1, 0.15) is 0 Å². The highest BCUT2D eigenvalue weighted by molar-refractivity contribution is 5.98. The van der Waals surface area contributed by atoms with Gasteiger partial charge < -0.3 is 4.74 Å². The van der Waals surface area contributed by atoms with E-state index in [9.17, 15) is 4.79 Å². The third kappa shape index (κ3) is 0.766. The van der Waals surface area contributed by atoms with Crippen LogP contribution in [0.1, 0.15) is 19.8 Å². The lowest BCUT2D eigenvalue weighted by Gasteiger charge is -2.41. The van der Waals surface area contributed by atoms with Gasteiger partial charge in [-0.25, -0.2) is 0 Å². The normalized spacial score (nSPS) is 52.8. The summed E-state index contributed by atoms with van der Waals surface area (Å²) in [5.74, 6) is 1.36. The van der Waals surface area contributed by atoms with Crippen molar-refractivity contribution in [3.63, 3.8) is 0 Å². The van der Waals surface area contributed by atoms with E-state index in [1.165, 1.54) is 5.57 Å². The fourth-order valence-corrected chi connectivity index (χ4v) is 4.66. The number of ketones is 1. The van der Waals surface area contributed by atoms with Crippen molar-refractivity contribution in [1.82, 2.24) is 0 Å². The second-order valence-electron chi connectivity index (χ2n) is 5.69. The molecule has 4 rings (SSSR count). The molecular formula is C14H16O2. The molecule has 1 spiro atoms. The molecule has 1 heterocycles. The average molecular weight is 216 g/mol. The number of carbonyl (C=O) groups is 1. The Hall–Kier alpha value is -0.890. The predicted molar refractivity (Wildman–Crippen MR) is 59.8 cm³/mol. The molecule has 0 radical (unpaired) electrons. The van der Waals surface area contributed by atoms with E-state index in [1.54, 1.807) is 0 Å². The zero-order valence-corrected chi connectivity index (χ0v) is 9.48. The first-order valence-corrected chi connectivity index (χ1v) is 6.29. The average Bonchev–Trinajstić information content (AvgIpc) is 2.83. The van der Waals surface area contributed by atoms with Crippen LogP contribution in [0.25, 0.3) is 0 Å². The largest absolute Gasteiger partial charge is 0.377 e. The number of hydrogen-bond acceptors (Lipinski definition) is 2. The smallest absolute Gasteiger partial charge is 0.160 e. The van der Waals surface area contributed by atoms with Gasteiger partial charge in [0.25, 0.3) is 0 Å². The summed E-state index contributed by atoms with van der Waals surface area (Å²) in [6.07, 6.45) is 8.97. The van der Waals surface area contributed by atoms with E-state index in [1.807, 2.05) is 6.08 Å². The molecule has 2 fully saturated rings. The summed E-state index contributed by atoms with van der Waals surface area (Å²) in [6.45, 7) is 2.99. The van der Waals surface area contributed by atoms with Gasteiger partial charge in [-0.1, -0.05) is 24.6 Å². The summed E-state index contributed by atoms with van der Waals surface area (Å²) in [6, 6.07) is 0. The summed E-state index contributed by atoms with van der Waals surface area (Å²) < 4.78 is 5.95. The van der Waals surface area contributed by atoms with Crippen molar-refractivity contribution in [3.8, 4) is 0 Å². The van der Waals surface area contributed by atoms with Crippen LogP contribution in [-0.2, 0) is 9.53 Å². The molecule has 0 aromatic heterocycles. The Morgan fingerprint density at radius 2 is 2.31 bits per heavy atom. The van der Waals surface area contributed by atoms with Crippen molar-refractivity contribution in [2.75, 3.05) is 6.61 Å². The second-order valence-corrected chi connectivity index (χ2v) is 5.69. The Labute approximate surface area is 95.4 Å². The van der Waals surface area contributed by atoms with E-state index in [4.69, 9.17) is 4.74 Å². The molecule has 84 valence electrons. The van der Waals surface area contributed by atoms with Gasteiger partial charge in [-0.3, -0.25) is 4.79 Å². The van der Waals surface area contributed by atoms with Gasteiger partial charge in [0.2, 0.25) is 0 Å². The summed E-state index contributed by atoms with van der Waals surface area (Å²) >= 11 is 0. The quantitative estimate of drug-likeness (QED) is 0.580. The lowest BCUT2D eigenvalue weighted by Crippen LogP contribution is -2.44. The molecule has 5 atom stereocenters. The van der Waals surface area contributed by atoms with Crippen molar-refractivity contribution in [3.05, 3.63) is 23.8 Å². The highest BCUT2D eigenvalue weighted by Gasteiger charge is 2.66. The van der Waals surface area contributed by atoms with Crippen LogP contribution in [-0.4, -0.2) is 18.5 Å². The summed E-state index contributed by atoms with van der Waals surface area (Å²) in [5, 5.41) is 0. The van der Waals surface area contributed by atoms with Crippen molar-refractivity contribution < 1.29 is 9.53 Å². The fraction of sp³-hybridized carbons (Fsp3) is 0.643. The van der Waals surface area contributed by atoms with Crippen LogP contribution in [0.4, 0.5) is 0 Å². The SMILES string of the molecule is C[C@@H]1C=C[C@H]2CO[C@@H]3CCC4=CC(=O)C1C423. The molecule has 16 heavy (non-hydrogen) atoms. The number of carbonyl (C=O) groups excluding carboxylic acids is 1. The highest BCUT2D eigenvalue weighted by atomic mass is 16.5. The number of rotatable bonds is 0. The minimum Gasteiger partial charge on any atom is -0.377 e. The van der Waals surface area contributed by atoms with E-state index in [0.29, 0.717) is 23.7 Å². The zero-order chi connectivity index (χ0) is 10.9. The maximum absolute atomic E-state index is 12.2. The summed E-state index contributed by atoms with van der Waals surface area (Å²) in [5.41, 5.74) is 1.47. The number of ether oxygens (including phenoxy) is 1. The van der Waals surface area contributed by atoms with Crippen LogP contribution >= 0.6 is 0 Å². The lowest BCUT2D eigenvalue weighted by atomic mass is 9.59. The van der Waals surface area contributed by atoms with Crippen LogP contribution in [0.3, 0.4) is 0 Å². The lowest BCUT2D eigenvalue weighted by molar-refractivity contribution is -0.123. The van der Waals surface area contributed by atoms with Gasteiger partial charge in [-0.15, -0.1) is 0 Å². The Morgan fingerprint density at radius 3 is 3.19 bits per heavy atom. The first-order valence-electron chi connectivity index (χ1n) is 6.29. The molecule has 2 nitrogen and oxygen atoms in total. The molecule has 0 aromatic rings. The fourth-order valence-electron chi connectivity index (χ4n) is 4.66. The van der Waals surface area contributed by atoms with Crippen LogP contribution in [0.5, 0.6) is 0 Å². The molecule has 0 aromatic carbocycles. The molecular weight excluding hydrogens is 200 g/mol. The Balaban J connectivity index is 1.97. The van der Waals surface area contributed by atoms with Crippen molar-refractivity contribution >= 4 is 5.78 Å². The van der Waals surface area contributed by atoms with Crippen LogP contribution in [0.2, 0.25) is 0 Å². The maximum Gasteiger partial charge on any atom is 0.160 e. The van der Waals surface area contributed by atoms with Gasteiger partial charge in [0, 0.05) is 17.3 Å². The molecule has 1 saturated heterocycles. The van der Waals surface area contributed by atoms with E-state index in [-0.39, 0.29) is 11.3 Å². The van der Waals surface area contributed by atoms with Gasteiger partial charge in [0.05, 0.1) is 12.7 Å². The number of allylic oxidation sites excluding steroid dienone is 2. The van der Waals surface area contributed by atoms with Gasteiger partial charge in [0.15, 0.2) is 5.78 Å². The highest BCUT2D eigenvalue weighted by Crippen LogP contribution is 2.65. The molecule has 0 N–H and O–H groups in total. The third-order valence-corrected chi connectivity index (χ3v) is 5.17. The monoisotopic (exact) mass is 216 g/mol. The Bertz CT molecular complexity index is 434. The minimum atomic E-state index is 0.0747. The Kier molecular flexibility index (Phi) is 1.53. The minimum absolute atomic E-state index is 0.0747. The second kappa shape index (κ2) is 2.67.